The van der Waals surface area contributed by atoms with Crippen molar-refractivity contribution in [3.63, 3.8) is 0 Å². The fourth-order valence-corrected chi connectivity index (χ4v) is 3.20. The molecular weight excluding hydrogens is 250 g/mol. The summed E-state index contributed by atoms with van der Waals surface area (Å²) in [4.78, 5) is 0. The van der Waals surface area contributed by atoms with Crippen molar-refractivity contribution in [2.75, 3.05) is 20.8 Å². The lowest BCUT2D eigenvalue weighted by atomic mass is 9.79. The summed E-state index contributed by atoms with van der Waals surface area (Å²) < 4.78 is 10.9. The third-order valence-electron chi connectivity index (χ3n) is 4.26. The van der Waals surface area contributed by atoms with Crippen LogP contribution in [0, 0.1) is 0 Å². The summed E-state index contributed by atoms with van der Waals surface area (Å²) in [5.74, 6) is 2.37. The van der Waals surface area contributed by atoms with Gasteiger partial charge < -0.3 is 14.8 Å². The van der Waals surface area contributed by atoms with Crippen LogP contribution < -0.4 is 14.8 Å². The fourth-order valence-electron chi connectivity index (χ4n) is 3.20. The average Bonchev–Trinajstić information content (AvgIpc) is 2.52. The lowest BCUT2D eigenvalue weighted by Crippen LogP contribution is -2.37. The van der Waals surface area contributed by atoms with Crippen molar-refractivity contribution in [1.82, 2.24) is 5.32 Å². The second-order valence-electron chi connectivity index (χ2n) is 5.56. The highest BCUT2D eigenvalue weighted by atomic mass is 16.5. The molecule has 20 heavy (non-hydrogen) atoms. The van der Waals surface area contributed by atoms with Gasteiger partial charge in [-0.3, -0.25) is 0 Å². The fraction of sp³-hybridized carbons (Fsp3) is 0.647. The van der Waals surface area contributed by atoms with Crippen molar-refractivity contribution in [3.8, 4) is 11.5 Å². The lowest BCUT2D eigenvalue weighted by Gasteiger charge is -2.33. The minimum absolute atomic E-state index is 0.552. The molecule has 0 amide bonds. The Balaban J connectivity index is 2.22. The Kier molecular flexibility index (Phi) is 5.72. The van der Waals surface area contributed by atoms with Gasteiger partial charge in [0, 0.05) is 18.0 Å². The second-order valence-corrected chi connectivity index (χ2v) is 5.56. The van der Waals surface area contributed by atoms with Gasteiger partial charge in [-0.25, -0.2) is 0 Å². The topological polar surface area (TPSA) is 30.5 Å². The van der Waals surface area contributed by atoms with Gasteiger partial charge in [0.15, 0.2) is 0 Å². The van der Waals surface area contributed by atoms with Gasteiger partial charge in [0.1, 0.15) is 11.5 Å². The summed E-state index contributed by atoms with van der Waals surface area (Å²) in [5, 5.41) is 3.71. The molecule has 0 aromatic heterocycles. The van der Waals surface area contributed by atoms with Crippen molar-refractivity contribution in [3.05, 3.63) is 23.8 Å². The molecule has 1 fully saturated rings. The third-order valence-corrected chi connectivity index (χ3v) is 4.26. The molecule has 1 saturated carbocycles. The molecule has 2 atom stereocenters. The van der Waals surface area contributed by atoms with Gasteiger partial charge in [0.05, 0.1) is 14.2 Å². The van der Waals surface area contributed by atoms with Crippen molar-refractivity contribution in [2.45, 2.75) is 51.0 Å². The molecule has 112 valence electrons. The highest BCUT2D eigenvalue weighted by Gasteiger charge is 2.28. The predicted molar refractivity (Wildman–Crippen MR) is 82.8 cm³/mol. The van der Waals surface area contributed by atoms with Gasteiger partial charge >= 0.3 is 0 Å². The highest BCUT2D eigenvalue weighted by molar-refractivity contribution is 5.43. The van der Waals surface area contributed by atoms with Gasteiger partial charge in [-0.2, -0.15) is 0 Å². The Hall–Kier alpha value is -1.22. The first kappa shape index (κ1) is 15.2. The monoisotopic (exact) mass is 277 g/mol. The predicted octanol–water partition coefficient (Wildman–Crippen LogP) is 3.73. The Bertz CT molecular complexity index is 419. The van der Waals surface area contributed by atoms with E-state index in [0.717, 1.165) is 18.0 Å². The number of ether oxygens (including phenoxy) is 2. The van der Waals surface area contributed by atoms with Crippen LogP contribution in [-0.2, 0) is 0 Å². The zero-order valence-corrected chi connectivity index (χ0v) is 12.9. The summed E-state index contributed by atoms with van der Waals surface area (Å²) >= 11 is 0. The normalized spacial score (nSPS) is 22.6. The zero-order chi connectivity index (χ0) is 14.4. The average molecular weight is 277 g/mol. The first-order valence-corrected chi connectivity index (χ1v) is 7.75. The van der Waals surface area contributed by atoms with E-state index in [0.29, 0.717) is 12.0 Å². The lowest BCUT2D eigenvalue weighted by molar-refractivity contribution is 0.316. The molecule has 0 bridgehead atoms. The molecule has 0 aliphatic heterocycles. The van der Waals surface area contributed by atoms with Crippen LogP contribution in [-0.4, -0.2) is 26.8 Å². The minimum Gasteiger partial charge on any atom is -0.497 e. The van der Waals surface area contributed by atoms with E-state index in [1.165, 1.54) is 37.7 Å². The van der Waals surface area contributed by atoms with E-state index in [4.69, 9.17) is 9.47 Å². The maximum absolute atomic E-state index is 5.59. The third kappa shape index (κ3) is 3.45. The van der Waals surface area contributed by atoms with Crippen molar-refractivity contribution in [1.29, 1.82) is 0 Å². The summed E-state index contributed by atoms with van der Waals surface area (Å²) in [5.41, 5.74) is 1.32. The molecule has 1 N–H and O–H groups in total. The summed E-state index contributed by atoms with van der Waals surface area (Å²) in [6, 6.07) is 6.80. The molecule has 1 aromatic rings. The molecule has 1 aliphatic carbocycles. The maximum Gasteiger partial charge on any atom is 0.126 e. The van der Waals surface area contributed by atoms with Gasteiger partial charge in [-0.1, -0.05) is 25.8 Å². The zero-order valence-electron chi connectivity index (χ0n) is 12.9. The van der Waals surface area contributed by atoms with Crippen LogP contribution >= 0.6 is 0 Å². The molecule has 1 aromatic carbocycles. The van der Waals surface area contributed by atoms with Crippen LogP contribution in [0.4, 0.5) is 0 Å². The van der Waals surface area contributed by atoms with E-state index in [1.54, 1.807) is 14.2 Å². The number of methoxy groups -OCH3 is 2. The van der Waals surface area contributed by atoms with E-state index in [2.05, 4.69) is 18.3 Å². The van der Waals surface area contributed by atoms with Gasteiger partial charge in [-0.15, -0.1) is 0 Å². The minimum atomic E-state index is 0.552. The smallest absolute Gasteiger partial charge is 0.126 e. The van der Waals surface area contributed by atoms with Crippen LogP contribution in [0.3, 0.4) is 0 Å². The van der Waals surface area contributed by atoms with Crippen LogP contribution in [0.15, 0.2) is 18.2 Å². The second kappa shape index (κ2) is 7.53. The molecule has 0 radical (unpaired) electrons. The van der Waals surface area contributed by atoms with Crippen LogP contribution in [0.2, 0.25) is 0 Å². The van der Waals surface area contributed by atoms with E-state index >= 15 is 0 Å². The van der Waals surface area contributed by atoms with Crippen LogP contribution in [0.1, 0.15) is 50.5 Å². The van der Waals surface area contributed by atoms with E-state index in [-0.39, 0.29) is 0 Å². The van der Waals surface area contributed by atoms with Gasteiger partial charge in [0.25, 0.3) is 0 Å². The number of nitrogens with one attached hydrogen (secondary N) is 1. The first-order valence-electron chi connectivity index (χ1n) is 7.75. The van der Waals surface area contributed by atoms with Crippen LogP contribution in [0.25, 0.3) is 0 Å². The SMILES string of the molecule is CCCNC1CCCCC1c1ccc(OC)cc1OC. The summed E-state index contributed by atoms with van der Waals surface area (Å²) in [7, 11) is 3.44. The molecule has 0 spiro atoms. The van der Waals surface area contributed by atoms with Crippen molar-refractivity contribution in [2.24, 2.45) is 0 Å². The molecular formula is C17H27NO2. The van der Waals surface area contributed by atoms with Crippen molar-refractivity contribution < 1.29 is 9.47 Å². The van der Waals surface area contributed by atoms with E-state index < -0.39 is 0 Å². The standard InChI is InChI=1S/C17H27NO2/c1-4-11-18-16-8-6-5-7-14(16)15-10-9-13(19-2)12-17(15)20-3/h9-10,12,14,16,18H,4-8,11H2,1-3H3. The summed E-state index contributed by atoms with van der Waals surface area (Å²) in [6.45, 7) is 3.32. The number of hydrogen-bond donors (Lipinski definition) is 1. The highest BCUT2D eigenvalue weighted by Crippen LogP contribution is 2.39. The Labute approximate surface area is 122 Å². The molecule has 2 unspecified atom stereocenters. The van der Waals surface area contributed by atoms with Crippen molar-refractivity contribution >= 4 is 0 Å². The Morgan fingerprint density at radius 1 is 1.15 bits per heavy atom. The number of rotatable bonds is 6. The molecule has 1 aliphatic rings. The maximum atomic E-state index is 5.59. The number of hydrogen-bond acceptors (Lipinski definition) is 3. The van der Waals surface area contributed by atoms with Gasteiger partial charge in [0.2, 0.25) is 0 Å². The molecule has 3 nitrogen and oxygen atoms in total. The van der Waals surface area contributed by atoms with E-state index in [1.807, 2.05) is 12.1 Å². The Morgan fingerprint density at radius 3 is 2.65 bits per heavy atom. The van der Waals surface area contributed by atoms with Gasteiger partial charge in [-0.05, 0) is 37.4 Å². The largest absolute Gasteiger partial charge is 0.497 e. The van der Waals surface area contributed by atoms with E-state index in [9.17, 15) is 0 Å². The molecule has 0 saturated heterocycles. The molecule has 2 rings (SSSR count). The molecule has 0 heterocycles. The summed E-state index contributed by atoms with van der Waals surface area (Å²) in [6.07, 6.45) is 6.33. The molecule has 3 heteroatoms. The number of benzene rings is 1. The Morgan fingerprint density at radius 2 is 1.95 bits per heavy atom. The first-order chi connectivity index (χ1) is 9.80. The quantitative estimate of drug-likeness (QED) is 0.859. The van der Waals surface area contributed by atoms with Crippen LogP contribution in [0.5, 0.6) is 11.5 Å².